The number of rotatable bonds is 8. The summed E-state index contributed by atoms with van der Waals surface area (Å²) in [5.74, 6) is 1.38. The number of benzene rings is 2. The molecule has 2 aromatic carbocycles. The van der Waals surface area contributed by atoms with Gasteiger partial charge >= 0.3 is 0 Å². The zero-order valence-corrected chi connectivity index (χ0v) is 19.3. The molecular weight excluding hydrogens is 416 g/mol. The number of carbonyl (C=O) groups is 1. The average molecular weight is 449 g/mol. The van der Waals surface area contributed by atoms with Crippen molar-refractivity contribution >= 4 is 11.7 Å². The van der Waals surface area contributed by atoms with Crippen LogP contribution in [0.25, 0.3) is 0 Å². The van der Waals surface area contributed by atoms with Crippen LogP contribution >= 0.6 is 0 Å². The summed E-state index contributed by atoms with van der Waals surface area (Å²) in [7, 11) is 1.57. The Balaban J connectivity index is 1.32. The number of nitrogens with one attached hydrogen (secondary N) is 1. The van der Waals surface area contributed by atoms with Crippen LogP contribution in [0.3, 0.4) is 0 Å². The Bertz CT molecular complexity index is 1060. The molecule has 0 saturated carbocycles. The van der Waals surface area contributed by atoms with Gasteiger partial charge in [0.25, 0.3) is 5.91 Å². The number of aromatic hydroxyl groups is 1. The van der Waals surface area contributed by atoms with Gasteiger partial charge in [0.1, 0.15) is 17.3 Å². The minimum atomic E-state index is -0.200. The van der Waals surface area contributed by atoms with Gasteiger partial charge in [0.15, 0.2) is 0 Å². The lowest BCUT2D eigenvalue weighted by Gasteiger charge is -2.36. The number of phenolic OH excluding ortho intramolecular Hbond substituents is 1. The van der Waals surface area contributed by atoms with Crippen molar-refractivity contribution in [1.29, 1.82) is 0 Å². The van der Waals surface area contributed by atoms with Crippen LogP contribution in [0, 0.1) is 0 Å². The second-order valence-corrected chi connectivity index (χ2v) is 8.64. The topological polar surface area (TPSA) is 79.6 Å². The fraction of sp³-hybridized carbons (Fsp3) is 0.385. The maximum atomic E-state index is 12.8. The number of carbonyl (C=O) groups excluding carboxylic acids is 1. The van der Waals surface area contributed by atoms with E-state index in [-0.39, 0.29) is 11.9 Å². The molecule has 0 unspecified atom stereocenters. The van der Waals surface area contributed by atoms with Crippen molar-refractivity contribution in [3.05, 3.63) is 71.9 Å². The van der Waals surface area contributed by atoms with E-state index < -0.39 is 0 Å². The average Bonchev–Trinajstić information content (AvgIpc) is 3.31. The molecule has 0 aliphatic carbocycles. The molecule has 0 spiro atoms. The van der Waals surface area contributed by atoms with Crippen LogP contribution in [0.1, 0.15) is 48.1 Å². The normalized spacial score (nSPS) is 15.8. The summed E-state index contributed by atoms with van der Waals surface area (Å²) < 4.78 is 7.27. The first-order chi connectivity index (χ1) is 16.0. The lowest BCUT2D eigenvalue weighted by Crippen LogP contribution is -2.41. The molecule has 1 aromatic heterocycles. The number of nitrogens with zero attached hydrogens (tertiary/aromatic N) is 3. The number of methoxy groups -OCH3 is 1. The molecule has 33 heavy (non-hydrogen) atoms. The molecule has 1 atom stereocenters. The van der Waals surface area contributed by atoms with Crippen LogP contribution in [-0.4, -0.2) is 51.9 Å². The fourth-order valence-corrected chi connectivity index (χ4v) is 4.51. The van der Waals surface area contributed by atoms with Gasteiger partial charge in [-0.2, -0.15) is 5.10 Å². The van der Waals surface area contributed by atoms with Gasteiger partial charge in [-0.05, 0) is 62.4 Å². The van der Waals surface area contributed by atoms with E-state index in [9.17, 15) is 9.90 Å². The molecule has 1 amide bonds. The summed E-state index contributed by atoms with van der Waals surface area (Å²) in [6, 6.07) is 17.3. The number of ether oxygens (including phenoxy) is 1. The van der Waals surface area contributed by atoms with E-state index in [2.05, 4.69) is 22.2 Å². The Morgan fingerprint density at radius 3 is 2.61 bits per heavy atom. The van der Waals surface area contributed by atoms with Crippen LogP contribution < -0.4 is 10.1 Å². The Morgan fingerprint density at radius 2 is 1.88 bits per heavy atom. The Kier molecular flexibility index (Phi) is 7.29. The van der Waals surface area contributed by atoms with Crippen molar-refractivity contribution in [2.24, 2.45) is 0 Å². The van der Waals surface area contributed by atoms with E-state index >= 15 is 0 Å². The van der Waals surface area contributed by atoms with Gasteiger partial charge in [-0.25, -0.2) is 4.68 Å². The van der Waals surface area contributed by atoms with Crippen LogP contribution in [-0.2, 0) is 6.42 Å². The standard InChI is InChI=1S/C26H32N4O3/c1-19(7-8-20-9-11-22(31)12-10-20)29-17-14-21(15-18-29)30-25(13-16-27-30)28-26(32)23-5-3-4-6-24(23)33-2/h3-6,9-13,16,19,21,31H,7-8,14-15,17-18H2,1-2H3,(H,28,32)/t19-/m1/s1. The van der Waals surface area contributed by atoms with Crippen LogP contribution in [0.2, 0.25) is 0 Å². The van der Waals surface area contributed by atoms with E-state index in [1.165, 1.54) is 5.56 Å². The first-order valence-corrected chi connectivity index (χ1v) is 11.5. The van der Waals surface area contributed by atoms with E-state index in [1.807, 2.05) is 35.0 Å². The molecule has 1 fully saturated rings. The highest BCUT2D eigenvalue weighted by Crippen LogP contribution is 2.28. The van der Waals surface area contributed by atoms with Gasteiger partial charge < -0.3 is 20.1 Å². The number of aryl methyl sites for hydroxylation is 1. The monoisotopic (exact) mass is 448 g/mol. The maximum absolute atomic E-state index is 12.8. The number of amides is 1. The lowest BCUT2D eigenvalue weighted by atomic mass is 10.00. The molecule has 0 radical (unpaired) electrons. The predicted octanol–water partition coefficient (Wildman–Crippen LogP) is 4.51. The second-order valence-electron chi connectivity index (χ2n) is 8.64. The SMILES string of the molecule is COc1ccccc1C(=O)Nc1ccnn1C1CCN([C@H](C)CCc2ccc(O)cc2)CC1. The molecule has 3 aromatic rings. The number of para-hydroxylation sites is 1. The molecule has 1 aliphatic heterocycles. The number of anilines is 1. The first kappa shape index (κ1) is 22.9. The molecule has 1 aliphatic rings. The van der Waals surface area contributed by atoms with Crippen molar-refractivity contribution in [3.8, 4) is 11.5 Å². The number of phenols is 1. The Hall–Kier alpha value is -3.32. The van der Waals surface area contributed by atoms with E-state index in [4.69, 9.17) is 4.74 Å². The molecule has 174 valence electrons. The molecule has 4 rings (SSSR count). The zero-order chi connectivity index (χ0) is 23.2. The molecule has 7 heteroatoms. The van der Waals surface area contributed by atoms with Crippen LogP contribution in [0.5, 0.6) is 11.5 Å². The van der Waals surface area contributed by atoms with Crippen LogP contribution in [0.15, 0.2) is 60.8 Å². The molecular formula is C26H32N4O3. The highest BCUT2D eigenvalue weighted by molar-refractivity contribution is 6.05. The Labute approximate surface area is 195 Å². The third kappa shape index (κ3) is 5.54. The third-order valence-electron chi connectivity index (χ3n) is 6.52. The van der Waals surface area contributed by atoms with Crippen molar-refractivity contribution in [2.75, 3.05) is 25.5 Å². The molecule has 1 saturated heterocycles. The van der Waals surface area contributed by atoms with Gasteiger partial charge in [0.05, 0.1) is 24.9 Å². The maximum Gasteiger partial charge on any atom is 0.260 e. The minimum absolute atomic E-state index is 0.200. The second kappa shape index (κ2) is 10.5. The largest absolute Gasteiger partial charge is 0.508 e. The van der Waals surface area contributed by atoms with Crippen molar-refractivity contribution in [2.45, 2.75) is 44.7 Å². The summed E-state index contributed by atoms with van der Waals surface area (Å²) in [6.45, 7) is 4.29. The number of hydrogen-bond acceptors (Lipinski definition) is 5. The van der Waals surface area contributed by atoms with Gasteiger partial charge in [-0.1, -0.05) is 24.3 Å². The van der Waals surface area contributed by atoms with Gasteiger partial charge in [0, 0.05) is 25.2 Å². The van der Waals surface area contributed by atoms with Crippen LogP contribution in [0.4, 0.5) is 5.82 Å². The lowest BCUT2D eigenvalue weighted by molar-refractivity contribution is 0.102. The summed E-state index contributed by atoms with van der Waals surface area (Å²) in [4.78, 5) is 15.4. The molecule has 2 N–H and O–H groups in total. The van der Waals surface area contributed by atoms with E-state index in [0.29, 0.717) is 28.9 Å². The highest BCUT2D eigenvalue weighted by Gasteiger charge is 2.26. The fourth-order valence-electron chi connectivity index (χ4n) is 4.51. The predicted molar refractivity (Wildman–Crippen MR) is 129 cm³/mol. The van der Waals surface area contributed by atoms with E-state index in [1.54, 1.807) is 37.6 Å². The first-order valence-electron chi connectivity index (χ1n) is 11.5. The summed E-state index contributed by atoms with van der Waals surface area (Å²) in [5.41, 5.74) is 1.76. The van der Waals surface area contributed by atoms with E-state index in [0.717, 1.165) is 38.8 Å². The summed E-state index contributed by atoms with van der Waals surface area (Å²) in [6.07, 6.45) is 5.80. The highest BCUT2D eigenvalue weighted by atomic mass is 16.5. The van der Waals surface area contributed by atoms with Gasteiger partial charge in [-0.3, -0.25) is 4.79 Å². The number of likely N-dealkylation sites (tertiary alicyclic amines) is 1. The number of aromatic nitrogens is 2. The molecule has 2 heterocycles. The third-order valence-corrected chi connectivity index (χ3v) is 6.52. The molecule has 7 nitrogen and oxygen atoms in total. The number of piperidine rings is 1. The quantitative estimate of drug-likeness (QED) is 0.530. The summed E-state index contributed by atoms with van der Waals surface area (Å²) in [5, 5.41) is 17.0. The van der Waals surface area contributed by atoms with Gasteiger partial charge in [-0.15, -0.1) is 0 Å². The van der Waals surface area contributed by atoms with Gasteiger partial charge in [0.2, 0.25) is 0 Å². The minimum Gasteiger partial charge on any atom is -0.508 e. The zero-order valence-electron chi connectivity index (χ0n) is 19.3. The van der Waals surface area contributed by atoms with Crippen molar-refractivity contribution in [3.63, 3.8) is 0 Å². The van der Waals surface area contributed by atoms with Crippen molar-refractivity contribution < 1.29 is 14.6 Å². The Morgan fingerprint density at radius 1 is 1.15 bits per heavy atom. The molecule has 0 bridgehead atoms. The summed E-state index contributed by atoms with van der Waals surface area (Å²) >= 11 is 0. The smallest absolute Gasteiger partial charge is 0.260 e. The number of hydrogen-bond donors (Lipinski definition) is 2. The van der Waals surface area contributed by atoms with Crippen molar-refractivity contribution in [1.82, 2.24) is 14.7 Å².